The second-order valence-electron chi connectivity index (χ2n) is 2.28. The third-order valence-electron chi connectivity index (χ3n) is 1.32. The van der Waals surface area contributed by atoms with E-state index in [1.165, 1.54) is 0 Å². The Labute approximate surface area is 70.8 Å². The van der Waals surface area contributed by atoms with Crippen LogP contribution in [0.5, 0.6) is 0 Å². The van der Waals surface area contributed by atoms with Crippen LogP contribution in [0.25, 0.3) is 0 Å². The van der Waals surface area contributed by atoms with Gasteiger partial charge in [-0.05, 0) is 17.9 Å². The Morgan fingerprint density at radius 3 is 3.09 bits per heavy atom. The van der Waals surface area contributed by atoms with Crippen LogP contribution >= 0.6 is 11.3 Å². The normalized spacial score (nSPS) is 11.9. The summed E-state index contributed by atoms with van der Waals surface area (Å²) in [6, 6.07) is 1.99. The van der Waals surface area contributed by atoms with E-state index in [0.717, 1.165) is 18.5 Å². The van der Waals surface area contributed by atoms with Crippen molar-refractivity contribution in [2.24, 2.45) is 10.7 Å². The largest absolute Gasteiger partial charge is 0.383 e. The number of nitrogens with two attached hydrogens (primary N) is 1. The maximum Gasteiger partial charge on any atom is 0.126 e. The lowest BCUT2D eigenvalue weighted by molar-refractivity contribution is 0.930. The van der Waals surface area contributed by atoms with Gasteiger partial charge in [-0.1, -0.05) is 6.92 Å². The molecule has 1 rings (SSSR count). The smallest absolute Gasteiger partial charge is 0.126 e. The third kappa shape index (κ3) is 2.35. The number of aliphatic imine (C=N–C) groups is 1. The zero-order valence-corrected chi connectivity index (χ0v) is 7.40. The van der Waals surface area contributed by atoms with Gasteiger partial charge >= 0.3 is 0 Å². The molecule has 0 spiro atoms. The number of amidine groups is 1. The van der Waals surface area contributed by atoms with Crippen LogP contribution in [0.4, 0.5) is 0 Å². The molecule has 0 fully saturated rings. The van der Waals surface area contributed by atoms with Gasteiger partial charge in [-0.25, -0.2) is 0 Å². The van der Waals surface area contributed by atoms with E-state index in [0.29, 0.717) is 5.84 Å². The van der Waals surface area contributed by atoms with Gasteiger partial charge in [-0.3, -0.25) is 4.99 Å². The average molecular weight is 168 g/mol. The van der Waals surface area contributed by atoms with Crippen LogP contribution in [-0.4, -0.2) is 12.4 Å². The molecule has 11 heavy (non-hydrogen) atoms. The zero-order chi connectivity index (χ0) is 8.10. The summed E-state index contributed by atoms with van der Waals surface area (Å²) in [6.07, 6.45) is 1.05. The fourth-order valence-corrected chi connectivity index (χ4v) is 1.38. The fraction of sp³-hybridized carbons (Fsp3) is 0.375. The van der Waals surface area contributed by atoms with Crippen LogP contribution in [0.1, 0.15) is 18.9 Å². The molecule has 0 aliphatic rings. The van der Waals surface area contributed by atoms with Crippen molar-refractivity contribution in [2.75, 3.05) is 6.54 Å². The lowest BCUT2D eigenvalue weighted by Crippen LogP contribution is -2.12. The summed E-state index contributed by atoms with van der Waals surface area (Å²) in [6.45, 7) is 2.91. The minimum atomic E-state index is 0.660. The number of hydrogen-bond donors (Lipinski definition) is 1. The molecule has 0 amide bonds. The standard InChI is InChI=1S/C8H12N2S/c1-2-4-10-8(9)7-3-5-11-6-7/h3,5-6H,2,4H2,1H3,(H2,9,10). The highest BCUT2D eigenvalue weighted by molar-refractivity contribution is 7.08. The molecule has 60 valence electrons. The van der Waals surface area contributed by atoms with Crippen LogP contribution in [0, 0.1) is 0 Å². The maximum absolute atomic E-state index is 5.68. The Bertz CT molecular complexity index is 226. The lowest BCUT2D eigenvalue weighted by atomic mass is 10.3. The first-order chi connectivity index (χ1) is 5.34. The summed E-state index contributed by atoms with van der Waals surface area (Å²) in [5, 5.41) is 4.01. The fourth-order valence-electron chi connectivity index (χ4n) is 0.734. The van der Waals surface area contributed by atoms with Crippen LogP contribution in [0.2, 0.25) is 0 Å². The van der Waals surface area contributed by atoms with Gasteiger partial charge in [0.05, 0.1) is 0 Å². The summed E-state index contributed by atoms with van der Waals surface area (Å²) in [5.74, 6) is 0.660. The molecule has 1 aromatic heterocycles. The molecular weight excluding hydrogens is 156 g/mol. The van der Waals surface area contributed by atoms with Gasteiger partial charge in [-0.2, -0.15) is 11.3 Å². The molecule has 0 saturated heterocycles. The predicted molar refractivity (Wildman–Crippen MR) is 50.2 cm³/mol. The van der Waals surface area contributed by atoms with Crippen molar-refractivity contribution in [2.45, 2.75) is 13.3 Å². The molecule has 3 heteroatoms. The SMILES string of the molecule is CCCN=C(N)c1ccsc1. The molecule has 0 aliphatic carbocycles. The van der Waals surface area contributed by atoms with Crippen molar-refractivity contribution in [3.63, 3.8) is 0 Å². The molecule has 0 aromatic carbocycles. The molecule has 0 aliphatic heterocycles. The second kappa shape index (κ2) is 4.13. The molecule has 0 saturated carbocycles. The van der Waals surface area contributed by atoms with Crippen molar-refractivity contribution >= 4 is 17.2 Å². The van der Waals surface area contributed by atoms with Gasteiger partial charge < -0.3 is 5.73 Å². The van der Waals surface area contributed by atoms with Crippen LogP contribution in [0.3, 0.4) is 0 Å². The Hall–Kier alpha value is -0.830. The summed E-state index contributed by atoms with van der Waals surface area (Å²) < 4.78 is 0. The summed E-state index contributed by atoms with van der Waals surface area (Å²) in [4.78, 5) is 4.19. The Morgan fingerprint density at radius 1 is 1.73 bits per heavy atom. The zero-order valence-electron chi connectivity index (χ0n) is 6.58. The molecular formula is C8H12N2S. The quantitative estimate of drug-likeness (QED) is 0.543. The average Bonchev–Trinajstić information content (AvgIpc) is 2.52. The Morgan fingerprint density at radius 2 is 2.55 bits per heavy atom. The maximum atomic E-state index is 5.68. The van der Waals surface area contributed by atoms with Gasteiger partial charge in [0.2, 0.25) is 0 Å². The molecule has 2 N–H and O–H groups in total. The van der Waals surface area contributed by atoms with Crippen molar-refractivity contribution in [3.05, 3.63) is 22.4 Å². The first-order valence-corrected chi connectivity index (χ1v) is 4.61. The minimum Gasteiger partial charge on any atom is -0.383 e. The number of hydrogen-bond acceptors (Lipinski definition) is 2. The van der Waals surface area contributed by atoms with Gasteiger partial charge in [-0.15, -0.1) is 0 Å². The minimum absolute atomic E-state index is 0.660. The van der Waals surface area contributed by atoms with E-state index in [1.54, 1.807) is 11.3 Å². The molecule has 0 radical (unpaired) electrons. The molecule has 1 aromatic rings. The molecule has 0 bridgehead atoms. The number of thiophene rings is 1. The molecule has 0 unspecified atom stereocenters. The van der Waals surface area contributed by atoms with E-state index < -0.39 is 0 Å². The van der Waals surface area contributed by atoms with Crippen LogP contribution < -0.4 is 5.73 Å². The molecule has 1 heterocycles. The van der Waals surface area contributed by atoms with E-state index in [9.17, 15) is 0 Å². The van der Waals surface area contributed by atoms with Crippen LogP contribution in [0.15, 0.2) is 21.8 Å². The monoisotopic (exact) mass is 168 g/mol. The van der Waals surface area contributed by atoms with Gasteiger partial charge in [0.25, 0.3) is 0 Å². The number of nitrogens with zero attached hydrogens (tertiary/aromatic N) is 1. The number of rotatable bonds is 3. The lowest BCUT2D eigenvalue weighted by Gasteiger charge is -1.94. The van der Waals surface area contributed by atoms with E-state index in [-0.39, 0.29) is 0 Å². The third-order valence-corrected chi connectivity index (χ3v) is 2.01. The summed E-state index contributed by atoms with van der Waals surface area (Å²) >= 11 is 1.64. The topological polar surface area (TPSA) is 38.4 Å². The molecule has 0 atom stereocenters. The highest BCUT2D eigenvalue weighted by atomic mass is 32.1. The first kappa shape index (κ1) is 8.27. The van der Waals surface area contributed by atoms with E-state index >= 15 is 0 Å². The highest BCUT2D eigenvalue weighted by Crippen LogP contribution is 2.04. The summed E-state index contributed by atoms with van der Waals surface area (Å²) in [7, 11) is 0. The Balaban J connectivity index is 2.62. The van der Waals surface area contributed by atoms with Crippen molar-refractivity contribution in [1.82, 2.24) is 0 Å². The van der Waals surface area contributed by atoms with Crippen molar-refractivity contribution in [1.29, 1.82) is 0 Å². The van der Waals surface area contributed by atoms with Gasteiger partial charge in [0, 0.05) is 17.5 Å². The van der Waals surface area contributed by atoms with Gasteiger partial charge in [0.15, 0.2) is 0 Å². The Kier molecular flexibility index (Phi) is 3.11. The molecule has 2 nitrogen and oxygen atoms in total. The predicted octanol–water partition coefficient (Wildman–Crippen LogP) is 1.86. The summed E-state index contributed by atoms with van der Waals surface area (Å²) in [5.41, 5.74) is 6.73. The van der Waals surface area contributed by atoms with E-state index in [2.05, 4.69) is 11.9 Å². The highest BCUT2D eigenvalue weighted by Gasteiger charge is 1.95. The van der Waals surface area contributed by atoms with E-state index in [4.69, 9.17) is 5.73 Å². The van der Waals surface area contributed by atoms with Crippen molar-refractivity contribution < 1.29 is 0 Å². The van der Waals surface area contributed by atoms with Crippen molar-refractivity contribution in [3.8, 4) is 0 Å². The second-order valence-corrected chi connectivity index (χ2v) is 3.06. The first-order valence-electron chi connectivity index (χ1n) is 3.67. The van der Waals surface area contributed by atoms with Crippen LogP contribution in [-0.2, 0) is 0 Å². The van der Waals surface area contributed by atoms with E-state index in [1.807, 2.05) is 16.8 Å². The van der Waals surface area contributed by atoms with Gasteiger partial charge in [0.1, 0.15) is 5.84 Å².